The molecule has 1 saturated heterocycles. The molecule has 0 radical (unpaired) electrons. The molecule has 8 heteroatoms. The number of hydrogen-bond acceptors (Lipinski definition) is 5. The summed E-state index contributed by atoms with van der Waals surface area (Å²) in [5.41, 5.74) is 6.64. The number of aromatic nitrogens is 2. The van der Waals surface area contributed by atoms with Crippen molar-refractivity contribution in [3.05, 3.63) is 72.3 Å². The Kier molecular flexibility index (Phi) is 8.17. The average molecular weight is 607 g/mol. The number of carbonyl (C=O) groups excluding carboxylic acids is 1. The van der Waals surface area contributed by atoms with Crippen LogP contribution in [0.3, 0.4) is 0 Å². The summed E-state index contributed by atoms with van der Waals surface area (Å²) in [4.78, 5) is 26.0. The van der Waals surface area contributed by atoms with E-state index < -0.39 is 0 Å². The van der Waals surface area contributed by atoms with Gasteiger partial charge in [-0.15, -0.1) is 0 Å². The minimum Gasteiger partial charge on any atom is -0.492 e. The van der Waals surface area contributed by atoms with Crippen LogP contribution in [0.1, 0.15) is 52.0 Å². The molecule has 2 saturated carbocycles. The molecule has 2 bridgehead atoms. The fourth-order valence-electron chi connectivity index (χ4n) is 7.43. The summed E-state index contributed by atoms with van der Waals surface area (Å²) in [6, 6.07) is 23.1. The van der Waals surface area contributed by atoms with E-state index in [1.807, 2.05) is 24.3 Å². The first kappa shape index (κ1) is 29.7. The fraction of sp³-hybridized carbons (Fsp3) is 0.459. The third-order valence-electron chi connectivity index (χ3n) is 10.1. The lowest BCUT2D eigenvalue weighted by atomic mass is 9.87. The third-order valence-corrected chi connectivity index (χ3v) is 10.1. The number of ether oxygens (including phenoxy) is 1. The van der Waals surface area contributed by atoms with Crippen molar-refractivity contribution in [2.45, 2.75) is 57.9 Å². The second-order valence-electron chi connectivity index (χ2n) is 14.2. The Morgan fingerprint density at radius 2 is 1.73 bits per heavy atom. The summed E-state index contributed by atoms with van der Waals surface area (Å²) in [5.74, 6) is 3.22. The Morgan fingerprint density at radius 3 is 2.42 bits per heavy atom. The van der Waals surface area contributed by atoms with E-state index in [1.165, 1.54) is 30.5 Å². The molecular formula is C37H46N6O2. The molecule has 3 N–H and O–H groups in total. The molecule has 4 aromatic rings. The Labute approximate surface area is 266 Å². The predicted molar refractivity (Wildman–Crippen MR) is 182 cm³/mol. The number of nitrogens with one attached hydrogen (secondary N) is 3. The first-order chi connectivity index (χ1) is 21.8. The molecule has 3 aliphatic rings. The van der Waals surface area contributed by atoms with E-state index >= 15 is 0 Å². The van der Waals surface area contributed by atoms with Crippen molar-refractivity contribution in [1.29, 1.82) is 0 Å². The Balaban J connectivity index is 0.876. The minimum absolute atomic E-state index is 0.102. The van der Waals surface area contributed by atoms with Crippen molar-refractivity contribution in [1.82, 2.24) is 20.2 Å². The first-order valence-electron chi connectivity index (χ1n) is 16.7. The van der Waals surface area contributed by atoms with E-state index in [0.717, 1.165) is 78.9 Å². The van der Waals surface area contributed by atoms with Crippen LogP contribution >= 0.6 is 0 Å². The zero-order chi connectivity index (χ0) is 31.0. The Hall–Kier alpha value is -4.04. The molecule has 0 unspecified atom stereocenters. The van der Waals surface area contributed by atoms with Crippen molar-refractivity contribution < 1.29 is 9.53 Å². The van der Waals surface area contributed by atoms with Crippen LogP contribution in [-0.2, 0) is 5.41 Å². The van der Waals surface area contributed by atoms with Gasteiger partial charge in [0, 0.05) is 50.0 Å². The summed E-state index contributed by atoms with van der Waals surface area (Å²) in [6.07, 6.45) is 5.01. The largest absolute Gasteiger partial charge is 0.492 e. The topological polar surface area (TPSA) is 85.5 Å². The highest BCUT2D eigenvalue weighted by Crippen LogP contribution is 2.44. The smallest absolute Gasteiger partial charge is 0.319 e. The maximum absolute atomic E-state index is 12.5. The molecule has 1 aliphatic heterocycles. The quantitative estimate of drug-likeness (QED) is 0.200. The van der Waals surface area contributed by atoms with Gasteiger partial charge in [0.15, 0.2) is 0 Å². The maximum atomic E-state index is 12.5. The van der Waals surface area contributed by atoms with Crippen LogP contribution in [0.2, 0.25) is 0 Å². The molecule has 3 atom stereocenters. The van der Waals surface area contributed by atoms with Gasteiger partial charge in [-0.2, -0.15) is 0 Å². The summed E-state index contributed by atoms with van der Waals surface area (Å²) < 4.78 is 6.05. The number of urea groups is 1. The van der Waals surface area contributed by atoms with Gasteiger partial charge in [-0.05, 0) is 78.5 Å². The summed E-state index contributed by atoms with van der Waals surface area (Å²) in [5, 5.41) is 6.17. The van der Waals surface area contributed by atoms with E-state index in [1.54, 1.807) is 0 Å². The fourth-order valence-corrected chi connectivity index (χ4v) is 7.43. The highest BCUT2D eigenvalue weighted by atomic mass is 16.5. The van der Waals surface area contributed by atoms with E-state index in [9.17, 15) is 4.79 Å². The number of nitrogens with zero attached hydrogens (tertiary/aromatic N) is 3. The van der Waals surface area contributed by atoms with Gasteiger partial charge < -0.3 is 25.3 Å². The van der Waals surface area contributed by atoms with Crippen LogP contribution in [0.5, 0.6) is 5.75 Å². The van der Waals surface area contributed by atoms with Crippen molar-refractivity contribution in [3.63, 3.8) is 0 Å². The zero-order valence-electron chi connectivity index (χ0n) is 26.8. The van der Waals surface area contributed by atoms with Gasteiger partial charge in [0.1, 0.15) is 23.7 Å². The van der Waals surface area contributed by atoms with Crippen LogP contribution in [-0.4, -0.2) is 66.3 Å². The number of amides is 2. The summed E-state index contributed by atoms with van der Waals surface area (Å²) >= 11 is 0. The van der Waals surface area contributed by atoms with Crippen LogP contribution in [0.25, 0.3) is 22.4 Å². The second-order valence-corrected chi connectivity index (χ2v) is 14.2. The number of para-hydroxylation sites is 1. The standard InChI is InChI=1S/C37H46N6O2/c1-37(2,3)28-11-9-26(10-12-28)35-39-31-5-4-6-33(34(31)41-35)43-19-17-42(18-20-43)21-22-45-30-15-13-29(14-16-30)38-36(44)40-32-24-25-7-8-27(32)23-25/h4-6,9-16,25,27,32H,7-8,17-24H2,1-3H3,(H,39,41)(H2,38,40,44)/t25-,27+,32-/m0/s1. The molecule has 2 aliphatic carbocycles. The maximum Gasteiger partial charge on any atom is 0.319 e. The van der Waals surface area contributed by atoms with E-state index in [-0.39, 0.29) is 11.4 Å². The molecule has 3 fully saturated rings. The zero-order valence-corrected chi connectivity index (χ0v) is 26.8. The van der Waals surface area contributed by atoms with Gasteiger partial charge in [0.2, 0.25) is 0 Å². The lowest BCUT2D eigenvalue weighted by molar-refractivity contribution is 0.200. The van der Waals surface area contributed by atoms with Gasteiger partial charge in [-0.3, -0.25) is 4.90 Å². The molecule has 2 amide bonds. The van der Waals surface area contributed by atoms with Gasteiger partial charge in [-0.1, -0.05) is 57.5 Å². The number of carbonyl (C=O) groups is 1. The molecule has 2 heterocycles. The number of aromatic amines is 1. The van der Waals surface area contributed by atoms with Crippen LogP contribution in [0, 0.1) is 11.8 Å². The Bertz CT molecular complexity index is 1620. The van der Waals surface area contributed by atoms with E-state index in [2.05, 4.69) is 88.7 Å². The molecule has 45 heavy (non-hydrogen) atoms. The van der Waals surface area contributed by atoms with Crippen LogP contribution in [0.15, 0.2) is 66.7 Å². The number of imidazole rings is 1. The SMILES string of the molecule is CC(C)(C)c1ccc(-c2nc3c(N4CCN(CCOc5ccc(NC(=O)N[C@H]6C[C@H]7CC[C@@H]6C7)cc5)CC4)cccc3[nH]2)cc1. The number of fused-ring (bicyclic) bond motifs is 3. The molecule has 8 nitrogen and oxygen atoms in total. The lowest BCUT2D eigenvalue weighted by Gasteiger charge is -2.36. The highest BCUT2D eigenvalue weighted by molar-refractivity contribution is 5.91. The summed E-state index contributed by atoms with van der Waals surface area (Å²) in [6.45, 7) is 12.1. The number of H-pyrrole nitrogens is 1. The molecule has 7 rings (SSSR count). The summed E-state index contributed by atoms with van der Waals surface area (Å²) in [7, 11) is 0. The molecular weight excluding hydrogens is 560 g/mol. The minimum atomic E-state index is -0.102. The monoisotopic (exact) mass is 606 g/mol. The van der Waals surface area contributed by atoms with Gasteiger partial charge in [0.25, 0.3) is 0 Å². The van der Waals surface area contributed by atoms with Crippen molar-refractivity contribution >= 4 is 28.4 Å². The molecule has 0 spiro atoms. The van der Waals surface area contributed by atoms with Crippen LogP contribution < -0.4 is 20.3 Å². The average Bonchev–Trinajstić information content (AvgIpc) is 3.78. The van der Waals surface area contributed by atoms with Gasteiger partial charge >= 0.3 is 6.03 Å². The van der Waals surface area contributed by atoms with E-state index in [4.69, 9.17) is 9.72 Å². The van der Waals surface area contributed by atoms with Gasteiger partial charge in [-0.25, -0.2) is 9.78 Å². The van der Waals surface area contributed by atoms with E-state index in [0.29, 0.717) is 18.6 Å². The molecule has 1 aromatic heterocycles. The number of hydrogen-bond donors (Lipinski definition) is 3. The Morgan fingerprint density at radius 1 is 0.956 bits per heavy atom. The van der Waals surface area contributed by atoms with Crippen molar-refractivity contribution in [2.75, 3.05) is 49.5 Å². The molecule has 236 valence electrons. The first-order valence-corrected chi connectivity index (χ1v) is 16.7. The number of piperazine rings is 1. The number of benzene rings is 3. The van der Waals surface area contributed by atoms with Crippen molar-refractivity contribution in [2.24, 2.45) is 11.8 Å². The number of anilines is 2. The van der Waals surface area contributed by atoms with Crippen LogP contribution in [0.4, 0.5) is 16.2 Å². The molecule has 3 aromatic carbocycles. The van der Waals surface area contributed by atoms with Gasteiger partial charge in [0.05, 0.1) is 11.2 Å². The third kappa shape index (κ3) is 6.66. The number of rotatable bonds is 8. The normalized spacial score (nSPS) is 21.8. The second kappa shape index (κ2) is 12.4. The lowest BCUT2D eigenvalue weighted by Crippen LogP contribution is -2.47. The van der Waals surface area contributed by atoms with Crippen molar-refractivity contribution in [3.8, 4) is 17.1 Å². The predicted octanol–water partition coefficient (Wildman–Crippen LogP) is 7.04. The highest BCUT2D eigenvalue weighted by Gasteiger charge is 2.40.